The van der Waals surface area contributed by atoms with Gasteiger partial charge >= 0.3 is 0 Å². The van der Waals surface area contributed by atoms with Crippen LogP contribution in [0.5, 0.6) is 0 Å². The first kappa shape index (κ1) is 29.6. The quantitative estimate of drug-likeness (QED) is 0.254. The summed E-state index contributed by atoms with van der Waals surface area (Å²) in [5, 5.41) is 16.7. The molecule has 6 rings (SSSR count). The zero-order valence-electron chi connectivity index (χ0n) is 24.4. The summed E-state index contributed by atoms with van der Waals surface area (Å²) in [5.41, 5.74) is 9.19. The Labute approximate surface area is 253 Å². The van der Waals surface area contributed by atoms with Crippen LogP contribution in [-0.4, -0.2) is 55.7 Å². The van der Waals surface area contributed by atoms with E-state index in [9.17, 15) is 4.79 Å². The number of carbonyl (C=O) groups is 1. The maximum absolute atomic E-state index is 15.3. The molecule has 228 valence electrons. The number of aromatic nitrogens is 4. The zero-order chi connectivity index (χ0) is 30.8. The van der Waals surface area contributed by atoms with E-state index >= 15 is 8.78 Å². The monoisotopic (exact) mass is 600 g/mol. The number of fused-ring (bicyclic) bond motifs is 1. The molecule has 4 unspecified atom stereocenters. The minimum atomic E-state index is -0.750. The summed E-state index contributed by atoms with van der Waals surface area (Å²) >= 11 is 0. The molecule has 2 fully saturated rings. The molecule has 0 radical (unpaired) electrons. The molecule has 1 saturated heterocycles. The number of anilines is 2. The second-order valence-electron chi connectivity index (χ2n) is 11.6. The van der Waals surface area contributed by atoms with E-state index < -0.39 is 11.6 Å². The average molecular weight is 601 g/mol. The number of rotatable bonds is 9. The van der Waals surface area contributed by atoms with Crippen LogP contribution in [0.3, 0.4) is 0 Å². The molecular weight excluding hydrogens is 566 g/mol. The third kappa shape index (κ3) is 5.98. The molecule has 3 aromatic heterocycles. The Balaban J connectivity index is 1.24. The number of nitrogens with zero attached hydrogens (tertiary/aromatic N) is 6. The second kappa shape index (κ2) is 12.6. The predicted octanol–water partition coefficient (Wildman–Crippen LogP) is 5.08. The fraction of sp³-hybridized carbons (Fsp3) is 0.406. The van der Waals surface area contributed by atoms with Gasteiger partial charge in [0.1, 0.15) is 11.6 Å². The van der Waals surface area contributed by atoms with Crippen molar-refractivity contribution in [1.29, 1.82) is 5.26 Å². The standard InChI is InChI=1S/C32H34F2N8O2/c1-19-12-21(15-26(36)31(19)44-11-3-8-35)23-7-9-37-17-28(23)39-32-38-16-22-5-6-27(40-42(22)32)30-24(33)13-20(14-25(30)34)18-41-10-2-4-29(41)43/h5-7,9,13-14,16-17,19,21,26,31H,2-4,10-12,15,18,36H2,1H3,(H,38,39). The van der Waals surface area contributed by atoms with Gasteiger partial charge in [0.25, 0.3) is 0 Å². The molecule has 4 aromatic rings. The highest BCUT2D eigenvalue weighted by Crippen LogP contribution is 2.40. The molecule has 1 aliphatic carbocycles. The Morgan fingerprint density at radius 1 is 1.18 bits per heavy atom. The number of imidazole rings is 1. The highest BCUT2D eigenvalue weighted by atomic mass is 19.1. The van der Waals surface area contributed by atoms with Crippen molar-refractivity contribution >= 4 is 23.1 Å². The molecule has 1 amide bonds. The van der Waals surface area contributed by atoms with Crippen LogP contribution in [-0.2, 0) is 16.1 Å². The van der Waals surface area contributed by atoms with Crippen LogP contribution >= 0.6 is 0 Å². The smallest absolute Gasteiger partial charge is 0.229 e. The molecule has 10 nitrogen and oxygen atoms in total. The van der Waals surface area contributed by atoms with E-state index in [0.717, 1.165) is 24.1 Å². The summed E-state index contributed by atoms with van der Waals surface area (Å²) in [6.07, 6.45) is 8.05. The van der Waals surface area contributed by atoms with Gasteiger partial charge in [-0.05, 0) is 72.6 Å². The Morgan fingerprint density at radius 2 is 2.00 bits per heavy atom. The van der Waals surface area contributed by atoms with Crippen LogP contribution in [0.25, 0.3) is 16.8 Å². The lowest BCUT2D eigenvalue weighted by molar-refractivity contribution is -0.128. The van der Waals surface area contributed by atoms with Gasteiger partial charge in [-0.25, -0.2) is 13.8 Å². The molecule has 1 aliphatic heterocycles. The van der Waals surface area contributed by atoms with E-state index in [-0.39, 0.29) is 47.7 Å². The van der Waals surface area contributed by atoms with Crippen molar-refractivity contribution in [2.24, 2.45) is 11.7 Å². The molecule has 0 bridgehead atoms. The number of likely N-dealkylation sites (tertiary alicyclic amines) is 1. The first-order chi connectivity index (χ1) is 21.3. The number of hydrogen-bond donors (Lipinski definition) is 2. The molecule has 1 saturated carbocycles. The number of halogens is 2. The lowest BCUT2D eigenvalue weighted by Gasteiger charge is -2.39. The Hall–Kier alpha value is -4.47. The summed E-state index contributed by atoms with van der Waals surface area (Å²) in [6, 6.07) is 9.66. The van der Waals surface area contributed by atoms with Crippen molar-refractivity contribution in [3.05, 3.63) is 71.7 Å². The highest BCUT2D eigenvalue weighted by molar-refractivity contribution is 5.78. The third-order valence-electron chi connectivity index (χ3n) is 8.55. The van der Waals surface area contributed by atoms with Crippen molar-refractivity contribution in [3.8, 4) is 17.3 Å². The van der Waals surface area contributed by atoms with Crippen molar-refractivity contribution in [1.82, 2.24) is 24.5 Å². The minimum Gasteiger partial charge on any atom is -0.375 e. The molecule has 44 heavy (non-hydrogen) atoms. The molecule has 4 heterocycles. The maximum atomic E-state index is 15.3. The Bertz CT molecular complexity index is 1690. The summed E-state index contributed by atoms with van der Waals surface area (Å²) < 4.78 is 38.1. The molecular formula is C32H34F2N8O2. The number of nitrogens with one attached hydrogen (secondary N) is 1. The number of nitriles is 1. The highest BCUT2D eigenvalue weighted by Gasteiger charge is 2.36. The van der Waals surface area contributed by atoms with Crippen LogP contribution in [0.2, 0.25) is 0 Å². The fourth-order valence-electron chi connectivity index (χ4n) is 6.49. The summed E-state index contributed by atoms with van der Waals surface area (Å²) in [4.78, 5) is 22.4. The molecule has 12 heteroatoms. The Morgan fingerprint density at radius 3 is 2.73 bits per heavy atom. The fourth-order valence-corrected chi connectivity index (χ4v) is 6.49. The van der Waals surface area contributed by atoms with E-state index in [1.165, 1.54) is 16.6 Å². The number of benzene rings is 1. The summed E-state index contributed by atoms with van der Waals surface area (Å²) in [7, 11) is 0. The van der Waals surface area contributed by atoms with Gasteiger partial charge < -0.3 is 20.7 Å². The molecule has 3 N–H and O–H groups in total. The van der Waals surface area contributed by atoms with Crippen LogP contribution in [0.15, 0.2) is 48.9 Å². The van der Waals surface area contributed by atoms with Crippen LogP contribution in [0.1, 0.15) is 56.1 Å². The number of carbonyl (C=O) groups excluding carboxylic acids is 1. The van der Waals surface area contributed by atoms with Gasteiger partial charge in [0.05, 0.1) is 60.1 Å². The van der Waals surface area contributed by atoms with Crippen molar-refractivity contribution in [2.75, 3.05) is 18.5 Å². The number of pyridine rings is 1. The number of amides is 1. The maximum Gasteiger partial charge on any atom is 0.229 e. The normalized spacial score (nSPS) is 22.0. The van der Waals surface area contributed by atoms with Crippen molar-refractivity contribution in [2.45, 2.75) is 63.6 Å². The lowest BCUT2D eigenvalue weighted by Crippen LogP contribution is -2.46. The third-order valence-corrected chi connectivity index (χ3v) is 8.55. The number of nitrogens with two attached hydrogens (primary N) is 1. The molecule has 2 aliphatic rings. The van der Waals surface area contributed by atoms with Gasteiger partial charge in [-0.3, -0.25) is 9.78 Å². The van der Waals surface area contributed by atoms with Crippen LogP contribution < -0.4 is 11.1 Å². The first-order valence-electron chi connectivity index (χ1n) is 14.9. The van der Waals surface area contributed by atoms with E-state index in [1.807, 2.05) is 6.07 Å². The van der Waals surface area contributed by atoms with E-state index in [1.54, 1.807) is 35.6 Å². The topological polar surface area (TPSA) is 134 Å². The van der Waals surface area contributed by atoms with E-state index in [0.29, 0.717) is 49.4 Å². The molecule has 1 aromatic carbocycles. The summed E-state index contributed by atoms with van der Waals surface area (Å²) in [6.45, 7) is 3.23. The van der Waals surface area contributed by atoms with Crippen LogP contribution in [0.4, 0.5) is 20.4 Å². The van der Waals surface area contributed by atoms with Crippen molar-refractivity contribution < 1.29 is 18.3 Å². The van der Waals surface area contributed by atoms with E-state index in [4.69, 9.17) is 15.7 Å². The number of hydrogen-bond acceptors (Lipinski definition) is 8. The van der Waals surface area contributed by atoms with Gasteiger partial charge in [0, 0.05) is 31.7 Å². The van der Waals surface area contributed by atoms with Gasteiger partial charge in [-0.15, -0.1) is 0 Å². The lowest BCUT2D eigenvalue weighted by atomic mass is 9.74. The molecule has 0 spiro atoms. The molecule has 4 atom stereocenters. The second-order valence-corrected chi connectivity index (χ2v) is 11.6. The first-order valence-corrected chi connectivity index (χ1v) is 14.9. The Kier molecular flexibility index (Phi) is 8.50. The summed E-state index contributed by atoms with van der Waals surface area (Å²) in [5.74, 6) is -0.821. The van der Waals surface area contributed by atoms with Gasteiger partial charge in [0.15, 0.2) is 0 Å². The predicted molar refractivity (Wildman–Crippen MR) is 160 cm³/mol. The van der Waals surface area contributed by atoms with Gasteiger partial charge in [0.2, 0.25) is 11.9 Å². The largest absolute Gasteiger partial charge is 0.375 e. The van der Waals surface area contributed by atoms with Crippen molar-refractivity contribution in [3.63, 3.8) is 0 Å². The SMILES string of the molecule is CC1CC(c2ccncc2Nc2ncc3ccc(-c4c(F)cc(CN5CCCC5=O)cc4F)nn23)CC(N)C1OCCC#N. The van der Waals surface area contributed by atoms with E-state index in [2.05, 4.69) is 33.4 Å². The zero-order valence-corrected chi connectivity index (χ0v) is 24.4. The van der Waals surface area contributed by atoms with Gasteiger partial charge in [-0.1, -0.05) is 6.92 Å². The van der Waals surface area contributed by atoms with Gasteiger partial charge in [-0.2, -0.15) is 14.9 Å². The van der Waals surface area contributed by atoms with Crippen LogP contribution in [0, 0.1) is 28.9 Å². The average Bonchev–Trinajstić information content (AvgIpc) is 3.59. The minimum absolute atomic E-state index is 0.00927. The number of ether oxygens (including phenoxy) is 1.